The Labute approximate surface area is 106 Å². The van der Waals surface area contributed by atoms with Gasteiger partial charge in [0.25, 0.3) is 5.95 Å². The lowest BCUT2D eigenvalue weighted by Gasteiger charge is -2.26. The number of tetrazole rings is 1. The molecule has 1 N–H and O–H groups in total. The van der Waals surface area contributed by atoms with Crippen LogP contribution in [-0.4, -0.2) is 37.0 Å². The highest BCUT2D eigenvalue weighted by molar-refractivity contribution is 7.08. The first-order chi connectivity index (χ1) is 8.68. The first kappa shape index (κ1) is 11.0. The molecular formula is C10H9N5O2S. The summed E-state index contributed by atoms with van der Waals surface area (Å²) in [5.74, 6) is -1.31. The maximum atomic E-state index is 11.4. The second-order valence-corrected chi connectivity index (χ2v) is 4.77. The molecule has 7 nitrogen and oxygen atoms in total. The number of aromatic nitrogens is 4. The number of carbonyl (C=O) groups is 1. The zero-order valence-corrected chi connectivity index (χ0v) is 10.2. The molecule has 0 radical (unpaired) electrons. The Kier molecular flexibility index (Phi) is 2.44. The number of hydrogen-bond donors (Lipinski definition) is 1. The summed E-state index contributed by atoms with van der Waals surface area (Å²) >= 11 is 1.51. The summed E-state index contributed by atoms with van der Waals surface area (Å²) in [6.07, 6.45) is 0. The van der Waals surface area contributed by atoms with E-state index in [2.05, 4.69) is 20.5 Å². The molecule has 92 valence electrons. The quantitative estimate of drug-likeness (QED) is 0.876. The zero-order chi connectivity index (χ0) is 12.7. The third-order valence-corrected chi connectivity index (χ3v) is 3.63. The number of aliphatic carboxylic acids is 1. The molecule has 3 rings (SSSR count). The molecule has 0 amide bonds. The van der Waals surface area contributed by atoms with Crippen molar-refractivity contribution in [2.24, 2.45) is 10.9 Å². The minimum atomic E-state index is -0.923. The van der Waals surface area contributed by atoms with Crippen molar-refractivity contribution in [1.82, 2.24) is 20.2 Å². The fourth-order valence-corrected chi connectivity index (χ4v) is 2.82. The molecule has 0 aliphatic carbocycles. The third-order valence-electron chi connectivity index (χ3n) is 2.93. The molecule has 2 aromatic rings. The topological polar surface area (TPSA) is 93.3 Å². The van der Waals surface area contributed by atoms with E-state index >= 15 is 0 Å². The van der Waals surface area contributed by atoms with Gasteiger partial charge in [0.15, 0.2) is 0 Å². The average Bonchev–Trinajstić information content (AvgIpc) is 2.96. The largest absolute Gasteiger partial charge is 0.481 e. The maximum Gasteiger partial charge on any atom is 0.314 e. The van der Waals surface area contributed by atoms with Crippen LogP contribution in [0, 0.1) is 5.92 Å². The molecule has 2 unspecified atom stereocenters. The van der Waals surface area contributed by atoms with Crippen LogP contribution in [0.2, 0.25) is 0 Å². The zero-order valence-electron chi connectivity index (χ0n) is 9.39. The van der Waals surface area contributed by atoms with Crippen LogP contribution in [-0.2, 0) is 4.79 Å². The molecule has 3 heterocycles. The van der Waals surface area contributed by atoms with Gasteiger partial charge in [-0.25, -0.2) is 9.67 Å². The van der Waals surface area contributed by atoms with Crippen molar-refractivity contribution >= 4 is 29.0 Å². The third kappa shape index (κ3) is 1.53. The Hall–Kier alpha value is -2.09. The van der Waals surface area contributed by atoms with Gasteiger partial charge in [-0.15, -0.1) is 0 Å². The van der Waals surface area contributed by atoms with E-state index in [0.29, 0.717) is 11.7 Å². The highest BCUT2D eigenvalue weighted by Gasteiger charge is 2.39. The lowest BCUT2D eigenvalue weighted by atomic mass is 9.90. The van der Waals surface area contributed by atoms with E-state index in [9.17, 15) is 9.90 Å². The maximum absolute atomic E-state index is 11.4. The van der Waals surface area contributed by atoms with Gasteiger partial charge in [-0.3, -0.25) is 4.79 Å². The summed E-state index contributed by atoms with van der Waals surface area (Å²) < 4.78 is 1.47. The van der Waals surface area contributed by atoms with Crippen LogP contribution in [0.3, 0.4) is 0 Å². The molecule has 1 aliphatic rings. The summed E-state index contributed by atoms with van der Waals surface area (Å²) in [7, 11) is 0. The fraction of sp³-hybridized carbons (Fsp3) is 0.300. The average molecular weight is 263 g/mol. The van der Waals surface area contributed by atoms with Crippen LogP contribution >= 0.6 is 11.3 Å². The van der Waals surface area contributed by atoms with Gasteiger partial charge in [-0.05, 0) is 39.7 Å². The van der Waals surface area contributed by atoms with E-state index in [1.807, 2.05) is 16.8 Å². The Balaban J connectivity index is 2.19. The molecule has 8 heteroatoms. The molecule has 0 aromatic carbocycles. The van der Waals surface area contributed by atoms with Gasteiger partial charge in [0.1, 0.15) is 12.0 Å². The van der Waals surface area contributed by atoms with E-state index < -0.39 is 17.9 Å². The van der Waals surface area contributed by atoms with Crippen molar-refractivity contribution in [3.8, 4) is 0 Å². The van der Waals surface area contributed by atoms with E-state index in [-0.39, 0.29) is 0 Å². The molecule has 0 saturated carbocycles. The Bertz CT molecular complexity index is 618. The monoisotopic (exact) mass is 263 g/mol. The lowest BCUT2D eigenvalue weighted by molar-refractivity contribution is -0.140. The second-order valence-electron chi connectivity index (χ2n) is 3.99. The molecule has 0 saturated heterocycles. The predicted octanol–water partition coefficient (Wildman–Crippen LogP) is 1.13. The van der Waals surface area contributed by atoms with Gasteiger partial charge in [-0.2, -0.15) is 11.3 Å². The number of hydrogen-bond acceptors (Lipinski definition) is 6. The van der Waals surface area contributed by atoms with Crippen molar-refractivity contribution in [3.63, 3.8) is 0 Å². The minimum Gasteiger partial charge on any atom is -0.481 e. The normalized spacial score (nSPS) is 22.4. The number of thiophene rings is 1. The van der Waals surface area contributed by atoms with E-state index in [1.165, 1.54) is 16.0 Å². The number of fused-ring (bicyclic) bond motifs is 1. The standard InChI is InChI=1S/C10H9N5O2S/c1-5-7(9(16)17)8(6-2-3-18-4-6)15-10(11-5)12-13-14-15/h2-4,7-8H,1H3,(H,16,17). The molecule has 18 heavy (non-hydrogen) atoms. The van der Waals surface area contributed by atoms with Crippen LogP contribution in [0.15, 0.2) is 21.8 Å². The van der Waals surface area contributed by atoms with Crippen molar-refractivity contribution in [2.75, 3.05) is 0 Å². The molecule has 1 aliphatic heterocycles. The Morgan fingerprint density at radius 2 is 2.39 bits per heavy atom. The highest BCUT2D eigenvalue weighted by Crippen LogP contribution is 2.35. The minimum absolute atomic E-state index is 0.348. The van der Waals surface area contributed by atoms with Gasteiger partial charge in [0.05, 0.1) is 0 Å². The van der Waals surface area contributed by atoms with Gasteiger partial charge >= 0.3 is 5.97 Å². The van der Waals surface area contributed by atoms with Crippen molar-refractivity contribution in [2.45, 2.75) is 13.0 Å². The van der Waals surface area contributed by atoms with Crippen molar-refractivity contribution in [3.05, 3.63) is 22.4 Å². The predicted molar refractivity (Wildman–Crippen MR) is 64.2 cm³/mol. The summed E-state index contributed by atoms with van der Waals surface area (Å²) in [5.41, 5.74) is 1.40. The number of carboxylic acid groups (broad SMARTS) is 1. The molecule has 0 spiro atoms. The van der Waals surface area contributed by atoms with Crippen molar-refractivity contribution in [1.29, 1.82) is 0 Å². The SMILES string of the molecule is CC1=Nc2nnnn2C(c2ccsc2)C1C(=O)O. The van der Waals surface area contributed by atoms with Gasteiger partial charge < -0.3 is 5.11 Å². The summed E-state index contributed by atoms with van der Waals surface area (Å²) in [5, 5.41) is 24.4. The first-order valence-electron chi connectivity index (χ1n) is 5.26. The molecule has 2 aromatic heterocycles. The fourth-order valence-electron chi connectivity index (χ4n) is 2.13. The van der Waals surface area contributed by atoms with Crippen LogP contribution in [0.1, 0.15) is 18.5 Å². The Morgan fingerprint density at radius 1 is 1.56 bits per heavy atom. The van der Waals surface area contributed by atoms with E-state index in [1.54, 1.807) is 6.92 Å². The van der Waals surface area contributed by atoms with Gasteiger partial charge in [-0.1, -0.05) is 5.10 Å². The van der Waals surface area contributed by atoms with E-state index in [4.69, 9.17) is 0 Å². The number of rotatable bonds is 2. The van der Waals surface area contributed by atoms with Gasteiger partial charge in [0.2, 0.25) is 0 Å². The lowest BCUT2D eigenvalue weighted by Crippen LogP contribution is -2.35. The van der Waals surface area contributed by atoms with Crippen molar-refractivity contribution < 1.29 is 9.90 Å². The molecule has 0 fully saturated rings. The van der Waals surface area contributed by atoms with Crippen LogP contribution in [0.5, 0.6) is 0 Å². The number of nitrogens with zero attached hydrogens (tertiary/aromatic N) is 5. The highest BCUT2D eigenvalue weighted by atomic mass is 32.1. The summed E-state index contributed by atoms with van der Waals surface area (Å²) in [4.78, 5) is 15.6. The molecule has 0 bridgehead atoms. The molecular weight excluding hydrogens is 254 g/mol. The smallest absolute Gasteiger partial charge is 0.314 e. The van der Waals surface area contributed by atoms with Gasteiger partial charge in [0, 0.05) is 5.71 Å². The molecule has 2 atom stereocenters. The Morgan fingerprint density at radius 3 is 3.06 bits per heavy atom. The van der Waals surface area contributed by atoms with Crippen LogP contribution < -0.4 is 0 Å². The van der Waals surface area contributed by atoms with Crippen LogP contribution in [0.25, 0.3) is 0 Å². The van der Waals surface area contributed by atoms with Crippen LogP contribution in [0.4, 0.5) is 5.95 Å². The second kappa shape index (κ2) is 3.98. The van der Waals surface area contributed by atoms with E-state index in [0.717, 1.165) is 5.56 Å². The summed E-state index contributed by atoms with van der Waals surface area (Å²) in [6, 6.07) is 1.45. The number of aliphatic imine (C=N–C) groups is 1. The summed E-state index contributed by atoms with van der Waals surface area (Å²) in [6.45, 7) is 1.69. The first-order valence-corrected chi connectivity index (χ1v) is 6.20. The number of carboxylic acids is 1.